The number of aliphatic hydroxyl groups excluding tert-OH is 2. The minimum atomic E-state index is -1.94. The van der Waals surface area contributed by atoms with E-state index in [2.05, 4.69) is 5.32 Å². The van der Waals surface area contributed by atoms with Gasteiger partial charge in [0.15, 0.2) is 10.9 Å². The Morgan fingerprint density at radius 2 is 1.67 bits per heavy atom. The first-order valence-corrected chi connectivity index (χ1v) is 20.0. The lowest BCUT2D eigenvalue weighted by atomic mass is 9.78. The van der Waals surface area contributed by atoms with Crippen molar-refractivity contribution >= 4 is 60.8 Å². The summed E-state index contributed by atoms with van der Waals surface area (Å²) in [5, 5.41) is 49.9. The lowest BCUT2D eigenvalue weighted by Gasteiger charge is -2.38. The second kappa shape index (κ2) is 17.0. The number of phenolic OH excluding ortho intramolecular Hbond substituents is 2. The third-order valence-electron chi connectivity index (χ3n) is 11.4. The quantitative estimate of drug-likeness (QED) is 0.138. The number of hydrogen-bond donors (Lipinski definition) is 5. The molecule has 3 heterocycles. The smallest absolute Gasteiger partial charge is 0.312 e. The molecule has 1 aromatic heterocycles. The summed E-state index contributed by atoms with van der Waals surface area (Å²) in [6.07, 6.45) is 3.95. The van der Waals surface area contributed by atoms with Gasteiger partial charge in [0.2, 0.25) is 0 Å². The van der Waals surface area contributed by atoms with E-state index in [4.69, 9.17) is 23.9 Å². The van der Waals surface area contributed by atoms with Gasteiger partial charge in [0.25, 0.3) is 11.7 Å². The average Bonchev–Trinajstić information content (AvgIpc) is 3.72. The number of nitrogens with zero attached hydrogens (tertiary/aromatic N) is 2. The summed E-state index contributed by atoms with van der Waals surface area (Å²) in [6.45, 7) is 18.0. The second-order valence-electron chi connectivity index (χ2n) is 15.2. The molecule has 57 heavy (non-hydrogen) atoms. The highest BCUT2D eigenvalue weighted by atomic mass is 32.1. The highest BCUT2D eigenvalue weighted by Gasteiger charge is 2.50. The molecule has 4 bridgehead atoms. The number of anilines is 2. The van der Waals surface area contributed by atoms with E-state index in [9.17, 15) is 34.8 Å². The fraction of sp³-hybridized carbons (Fsp3) is 0.524. The molecule has 14 nitrogen and oxygen atoms in total. The summed E-state index contributed by atoms with van der Waals surface area (Å²) in [5.41, 5.74) is 0.740. The van der Waals surface area contributed by atoms with Crippen LogP contribution in [0.1, 0.15) is 78.2 Å². The molecule has 0 saturated heterocycles. The molecule has 310 valence electrons. The number of thiazole rings is 1. The number of esters is 1. The van der Waals surface area contributed by atoms with Crippen LogP contribution < -0.4 is 15.0 Å². The number of amides is 1. The lowest BCUT2D eigenvalue weighted by Crippen LogP contribution is -2.46. The van der Waals surface area contributed by atoms with E-state index in [1.165, 1.54) is 38.6 Å². The number of Topliss-reactive ketones (excluding diaryl/α,β-unsaturated/α-hetero) is 1. The molecule has 2 aliphatic heterocycles. The summed E-state index contributed by atoms with van der Waals surface area (Å²) in [7, 11) is 1.46. The highest BCUT2D eigenvalue weighted by molar-refractivity contribution is 7.23. The molecule has 9 atom stereocenters. The first kappa shape index (κ1) is 43.4. The first-order valence-electron chi connectivity index (χ1n) is 19.2. The number of fused-ring (bicyclic) bond motifs is 1. The SMILES string of the molecule is CCN(CC)c1nc2c(s1)c1c(O)c3c(O)c(C)c4c(c32)C(=O)[C@@](C)(O/C=C/[C@H](OC)[C@@H](C)[C@@H](OC(C)=O)[C@H](C)[C@H](O)[C@H](C)[C@@H](O)[C@@H](C)/C=C/C=C(\C)C(=O)N1)O4. The molecule has 2 aliphatic rings. The summed E-state index contributed by atoms with van der Waals surface area (Å²) in [6, 6.07) is 0. The van der Waals surface area contributed by atoms with Crippen molar-refractivity contribution in [2.75, 3.05) is 30.4 Å². The van der Waals surface area contributed by atoms with Gasteiger partial charge in [0.05, 0.1) is 45.7 Å². The third kappa shape index (κ3) is 7.94. The number of aromatic nitrogens is 1. The minimum Gasteiger partial charge on any atom is -0.507 e. The van der Waals surface area contributed by atoms with E-state index in [-0.39, 0.29) is 50.2 Å². The average molecular weight is 810 g/mol. The van der Waals surface area contributed by atoms with E-state index in [1.807, 2.05) is 18.7 Å². The number of carbonyl (C=O) groups is 3. The lowest BCUT2D eigenvalue weighted by molar-refractivity contribution is -0.160. The Bertz CT molecular complexity index is 2140. The van der Waals surface area contributed by atoms with Crippen LogP contribution in [0, 0.1) is 30.6 Å². The maximum Gasteiger partial charge on any atom is 0.312 e. The van der Waals surface area contributed by atoms with Crippen molar-refractivity contribution < 1.29 is 53.8 Å². The Kier molecular flexibility index (Phi) is 13.0. The van der Waals surface area contributed by atoms with Crippen LogP contribution in [0.2, 0.25) is 0 Å². The number of carbonyl (C=O) groups excluding carboxylic acids is 3. The zero-order chi connectivity index (χ0) is 42.3. The largest absolute Gasteiger partial charge is 0.507 e. The van der Waals surface area contributed by atoms with Crippen molar-refractivity contribution in [2.24, 2.45) is 23.7 Å². The molecule has 15 heteroatoms. The van der Waals surface area contributed by atoms with Gasteiger partial charge in [-0.05, 0) is 33.8 Å². The zero-order valence-corrected chi connectivity index (χ0v) is 35.2. The third-order valence-corrected chi connectivity index (χ3v) is 12.5. The predicted octanol–water partition coefficient (Wildman–Crippen LogP) is 6.50. The number of aromatic hydroxyl groups is 2. The van der Waals surface area contributed by atoms with Gasteiger partial charge in [-0.15, -0.1) is 0 Å². The molecule has 0 aliphatic carbocycles. The standard InChI is InChI=1S/C42H55N3O11S/c1-12-45(13-2)41-44-30-27-28-34(49)24(8)37-29(27)39(51)42(10,56-37)54-18-17-26(53-11)21(5)36(55-25(9)46)23(7)33(48)22(6)32(47)19(3)15-14-16-20(4)40(52)43-31(35(28)50)38(30)57-41/h14-19,21-23,26,32-33,36,47-50H,12-13H2,1-11H3,(H,43,52)/b15-14+,18-17+,20-16+/t19-,21+,22+,23+,26-,32-,33+,36+,42-/m0/s1. The van der Waals surface area contributed by atoms with Crippen molar-refractivity contribution in [3.63, 3.8) is 0 Å². The van der Waals surface area contributed by atoms with Gasteiger partial charge in [-0.1, -0.05) is 57.3 Å². The van der Waals surface area contributed by atoms with Gasteiger partial charge >= 0.3 is 11.8 Å². The summed E-state index contributed by atoms with van der Waals surface area (Å²) < 4.78 is 24.2. The van der Waals surface area contributed by atoms with E-state index in [0.29, 0.717) is 22.9 Å². The maximum atomic E-state index is 14.5. The summed E-state index contributed by atoms with van der Waals surface area (Å²) >= 11 is 1.22. The van der Waals surface area contributed by atoms with Gasteiger partial charge in [-0.25, -0.2) is 4.98 Å². The summed E-state index contributed by atoms with van der Waals surface area (Å²) in [5.74, 6) is -6.80. The molecule has 0 fully saturated rings. The number of methoxy groups -OCH3 is 1. The van der Waals surface area contributed by atoms with Crippen molar-refractivity contribution in [1.82, 2.24) is 4.98 Å². The van der Waals surface area contributed by atoms with Crippen molar-refractivity contribution in [3.8, 4) is 17.2 Å². The van der Waals surface area contributed by atoms with Gasteiger partial charge in [-0.2, -0.15) is 0 Å². The van der Waals surface area contributed by atoms with Crippen LogP contribution in [0.5, 0.6) is 17.2 Å². The molecule has 3 aromatic rings. The number of ether oxygens (including phenoxy) is 4. The highest BCUT2D eigenvalue weighted by Crippen LogP contribution is 2.55. The Labute approximate surface area is 336 Å². The van der Waals surface area contributed by atoms with E-state index >= 15 is 0 Å². The molecule has 0 saturated carbocycles. The zero-order valence-electron chi connectivity index (χ0n) is 34.4. The van der Waals surface area contributed by atoms with Crippen LogP contribution >= 0.6 is 11.3 Å². The molecule has 0 spiro atoms. The summed E-state index contributed by atoms with van der Waals surface area (Å²) in [4.78, 5) is 47.5. The number of benzene rings is 2. The minimum absolute atomic E-state index is 0.0139. The van der Waals surface area contributed by atoms with E-state index in [1.54, 1.807) is 65.8 Å². The van der Waals surface area contributed by atoms with Crippen molar-refractivity contribution in [1.29, 1.82) is 0 Å². The molecule has 2 aromatic carbocycles. The van der Waals surface area contributed by atoms with Crippen LogP contribution in [-0.4, -0.2) is 93.5 Å². The van der Waals surface area contributed by atoms with Crippen LogP contribution in [0.25, 0.3) is 21.0 Å². The molecular weight excluding hydrogens is 755 g/mol. The number of phenols is 2. The normalized spacial score (nSPS) is 30.7. The molecule has 0 radical (unpaired) electrons. The molecule has 5 N–H and O–H groups in total. The molecule has 0 unspecified atom stereocenters. The second-order valence-corrected chi connectivity index (χ2v) is 16.2. The van der Waals surface area contributed by atoms with Gasteiger partial charge in [0, 0.05) is 74.2 Å². The van der Waals surface area contributed by atoms with Crippen molar-refractivity contribution in [3.05, 3.63) is 47.3 Å². The Hall–Kier alpha value is -4.70. The van der Waals surface area contributed by atoms with Gasteiger partial charge in [0.1, 0.15) is 23.3 Å². The van der Waals surface area contributed by atoms with Crippen LogP contribution in [0.3, 0.4) is 0 Å². The molecular formula is C42H55N3O11S. The van der Waals surface area contributed by atoms with Crippen LogP contribution in [-0.2, 0) is 23.8 Å². The number of hydrogen-bond acceptors (Lipinski definition) is 14. The van der Waals surface area contributed by atoms with Gasteiger partial charge in [-0.3, -0.25) is 14.4 Å². The predicted molar refractivity (Wildman–Crippen MR) is 219 cm³/mol. The number of aliphatic hydroxyl groups is 2. The maximum absolute atomic E-state index is 14.5. The Balaban J connectivity index is 1.75. The van der Waals surface area contributed by atoms with Crippen LogP contribution in [0.4, 0.5) is 10.8 Å². The molecule has 5 rings (SSSR count). The Morgan fingerprint density at radius 3 is 2.28 bits per heavy atom. The number of allylic oxidation sites excluding steroid dienone is 2. The van der Waals surface area contributed by atoms with Crippen molar-refractivity contribution in [2.45, 2.75) is 99.4 Å². The fourth-order valence-corrected chi connectivity index (χ4v) is 8.94. The topological polar surface area (TPSA) is 197 Å². The molecule has 1 amide bonds. The first-order chi connectivity index (χ1) is 26.8. The number of rotatable bonds is 5. The monoisotopic (exact) mass is 809 g/mol. The van der Waals surface area contributed by atoms with E-state index in [0.717, 1.165) is 0 Å². The number of ketones is 1. The van der Waals surface area contributed by atoms with E-state index < -0.39 is 77.3 Å². The Morgan fingerprint density at radius 1 is 1.00 bits per heavy atom. The van der Waals surface area contributed by atoms with Gasteiger partial charge < -0.3 is 49.6 Å². The number of nitrogens with one attached hydrogen (secondary N) is 1. The fourth-order valence-electron chi connectivity index (χ4n) is 7.74. The van der Waals surface area contributed by atoms with Crippen LogP contribution in [0.15, 0.2) is 36.1 Å².